The molecular weight excluding hydrogens is 195 g/mol. The zero-order valence-electron chi connectivity index (χ0n) is 6.50. The molecule has 0 heterocycles. The highest BCUT2D eigenvalue weighted by Crippen LogP contribution is 2.10. The summed E-state index contributed by atoms with van der Waals surface area (Å²) < 4.78 is 12.4. The number of carboxylic acids is 1. The third-order valence-electron chi connectivity index (χ3n) is 1.37. The Balaban J connectivity index is 2.92. The second-order valence-electron chi connectivity index (χ2n) is 2.35. The van der Waals surface area contributed by atoms with Crippen molar-refractivity contribution in [1.82, 2.24) is 0 Å². The van der Waals surface area contributed by atoms with Crippen molar-refractivity contribution in [2.75, 3.05) is 0 Å². The largest absolute Gasteiger partial charge is 0.477 e. The van der Waals surface area contributed by atoms with E-state index in [0.717, 1.165) is 0 Å². The summed E-state index contributed by atoms with van der Waals surface area (Å²) in [5.41, 5.74) is 0.550. The van der Waals surface area contributed by atoms with Gasteiger partial charge in [-0.3, -0.25) is 0 Å². The fourth-order valence-electron chi connectivity index (χ4n) is 0.767. The van der Waals surface area contributed by atoms with Crippen molar-refractivity contribution in [1.29, 1.82) is 0 Å². The van der Waals surface area contributed by atoms with Gasteiger partial charge in [0.25, 0.3) is 0 Å². The van der Waals surface area contributed by atoms with E-state index in [9.17, 15) is 9.18 Å². The number of hydrogen-bond acceptors (Lipinski definition) is 1. The summed E-state index contributed by atoms with van der Waals surface area (Å²) in [5.74, 6) is -1.57. The molecule has 0 fully saturated rings. The highest BCUT2D eigenvalue weighted by atomic mass is 35.5. The van der Waals surface area contributed by atoms with Crippen LogP contribution in [0.4, 0.5) is 4.39 Å². The monoisotopic (exact) mass is 200 g/mol. The lowest BCUT2D eigenvalue weighted by Gasteiger charge is -1.93. The maximum atomic E-state index is 12.4. The van der Waals surface area contributed by atoms with E-state index in [1.807, 2.05) is 0 Å². The van der Waals surface area contributed by atoms with Crippen LogP contribution in [-0.2, 0) is 4.79 Å². The zero-order chi connectivity index (χ0) is 9.84. The summed E-state index contributed by atoms with van der Waals surface area (Å²) in [7, 11) is 0. The second kappa shape index (κ2) is 4.05. The number of benzene rings is 1. The molecule has 0 radical (unpaired) electrons. The first-order valence-electron chi connectivity index (χ1n) is 3.45. The predicted octanol–water partition coefficient (Wildman–Crippen LogP) is 2.49. The van der Waals surface area contributed by atoms with Gasteiger partial charge in [-0.2, -0.15) is 0 Å². The molecule has 0 aliphatic heterocycles. The Hall–Kier alpha value is -1.35. The normalized spacial score (nSPS) is 11.4. The summed E-state index contributed by atoms with van der Waals surface area (Å²) in [4.78, 5) is 10.3. The van der Waals surface area contributed by atoms with Crippen molar-refractivity contribution >= 4 is 23.6 Å². The van der Waals surface area contributed by atoms with Crippen LogP contribution in [0.15, 0.2) is 29.3 Å². The van der Waals surface area contributed by atoms with Gasteiger partial charge in [-0.1, -0.05) is 23.7 Å². The van der Waals surface area contributed by atoms with Crippen molar-refractivity contribution in [3.63, 3.8) is 0 Å². The van der Waals surface area contributed by atoms with Gasteiger partial charge in [0.15, 0.2) is 0 Å². The van der Waals surface area contributed by atoms with Crippen LogP contribution in [0.1, 0.15) is 5.56 Å². The van der Waals surface area contributed by atoms with E-state index in [0.29, 0.717) is 5.56 Å². The Morgan fingerprint density at radius 3 is 2.38 bits per heavy atom. The van der Waals surface area contributed by atoms with E-state index in [-0.39, 0.29) is 10.8 Å². The molecule has 2 nitrogen and oxygen atoms in total. The average molecular weight is 201 g/mol. The smallest absolute Gasteiger partial charge is 0.347 e. The molecule has 0 saturated carbocycles. The Bertz CT molecular complexity index is 343. The molecule has 0 aromatic heterocycles. The molecule has 0 bridgehead atoms. The minimum absolute atomic E-state index is 0.299. The van der Waals surface area contributed by atoms with Crippen molar-refractivity contribution < 1.29 is 14.3 Å². The van der Waals surface area contributed by atoms with E-state index in [1.54, 1.807) is 0 Å². The molecule has 13 heavy (non-hydrogen) atoms. The van der Waals surface area contributed by atoms with Crippen LogP contribution in [0.2, 0.25) is 0 Å². The molecule has 0 spiro atoms. The van der Waals surface area contributed by atoms with E-state index in [1.165, 1.54) is 30.3 Å². The van der Waals surface area contributed by atoms with Crippen LogP contribution in [0, 0.1) is 5.82 Å². The summed E-state index contributed by atoms with van der Waals surface area (Å²) >= 11 is 5.36. The molecule has 4 heteroatoms. The lowest BCUT2D eigenvalue weighted by molar-refractivity contribution is -0.131. The number of carboxylic acid groups (broad SMARTS) is 1. The first-order valence-corrected chi connectivity index (χ1v) is 3.83. The SMILES string of the molecule is O=C(O)C(Cl)=Cc1ccc(F)cc1. The quantitative estimate of drug-likeness (QED) is 0.745. The first kappa shape index (κ1) is 9.74. The van der Waals surface area contributed by atoms with Gasteiger partial charge in [0, 0.05) is 0 Å². The van der Waals surface area contributed by atoms with Crippen LogP contribution in [0.25, 0.3) is 6.08 Å². The lowest BCUT2D eigenvalue weighted by atomic mass is 10.2. The average Bonchev–Trinajstić information content (AvgIpc) is 2.08. The predicted molar refractivity (Wildman–Crippen MR) is 47.9 cm³/mol. The molecule has 68 valence electrons. The molecule has 1 N–H and O–H groups in total. The van der Waals surface area contributed by atoms with Gasteiger partial charge in [0.1, 0.15) is 10.8 Å². The van der Waals surface area contributed by atoms with Crippen molar-refractivity contribution in [3.05, 3.63) is 40.7 Å². The Morgan fingerprint density at radius 2 is 1.92 bits per heavy atom. The number of carbonyl (C=O) groups is 1. The lowest BCUT2D eigenvalue weighted by Crippen LogP contribution is -1.92. The van der Waals surface area contributed by atoms with Crippen LogP contribution in [-0.4, -0.2) is 11.1 Å². The number of aliphatic carboxylic acids is 1. The standard InChI is InChI=1S/C9H6ClFO2/c10-8(9(12)13)5-6-1-3-7(11)4-2-6/h1-5H,(H,12,13). The van der Waals surface area contributed by atoms with Crippen LogP contribution in [0.3, 0.4) is 0 Å². The summed E-state index contributed by atoms with van der Waals surface area (Å²) in [5, 5.41) is 8.12. The number of hydrogen-bond donors (Lipinski definition) is 1. The summed E-state index contributed by atoms with van der Waals surface area (Å²) in [6.45, 7) is 0. The van der Waals surface area contributed by atoms with Gasteiger partial charge in [-0.25, -0.2) is 9.18 Å². The van der Waals surface area contributed by atoms with E-state index >= 15 is 0 Å². The minimum atomic E-state index is -1.20. The fraction of sp³-hybridized carbons (Fsp3) is 0. The van der Waals surface area contributed by atoms with Gasteiger partial charge in [-0.05, 0) is 23.8 Å². The fourth-order valence-corrected chi connectivity index (χ4v) is 0.893. The third-order valence-corrected chi connectivity index (χ3v) is 1.64. The molecule has 0 unspecified atom stereocenters. The van der Waals surface area contributed by atoms with Crippen LogP contribution >= 0.6 is 11.6 Å². The van der Waals surface area contributed by atoms with Crippen LogP contribution in [0.5, 0.6) is 0 Å². The zero-order valence-corrected chi connectivity index (χ0v) is 7.25. The van der Waals surface area contributed by atoms with Crippen LogP contribution < -0.4 is 0 Å². The Labute approximate surface area is 79.3 Å². The topological polar surface area (TPSA) is 37.3 Å². The maximum absolute atomic E-state index is 12.4. The van der Waals surface area contributed by atoms with E-state index in [2.05, 4.69) is 0 Å². The van der Waals surface area contributed by atoms with Gasteiger partial charge < -0.3 is 5.11 Å². The molecule has 0 saturated heterocycles. The third kappa shape index (κ3) is 2.87. The van der Waals surface area contributed by atoms with Gasteiger partial charge in [-0.15, -0.1) is 0 Å². The van der Waals surface area contributed by atoms with Crippen molar-refractivity contribution in [2.24, 2.45) is 0 Å². The molecule has 0 atom stereocenters. The molecule has 0 amide bonds. The molecular formula is C9H6ClFO2. The summed E-state index contributed by atoms with van der Waals surface area (Å²) in [6.07, 6.45) is 1.25. The first-order chi connectivity index (χ1) is 6.09. The molecule has 1 aromatic carbocycles. The van der Waals surface area contributed by atoms with E-state index < -0.39 is 5.97 Å². The highest BCUT2D eigenvalue weighted by Gasteiger charge is 2.01. The molecule has 0 aliphatic carbocycles. The minimum Gasteiger partial charge on any atom is -0.477 e. The van der Waals surface area contributed by atoms with E-state index in [4.69, 9.17) is 16.7 Å². The van der Waals surface area contributed by atoms with Gasteiger partial charge >= 0.3 is 5.97 Å². The second-order valence-corrected chi connectivity index (χ2v) is 2.76. The maximum Gasteiger partial charge on any atom is 0.347 e. The number of rotatable bonds is 2. The molecule has 1 aromatic rings. The van der Waals surface area contributed by atoms with Gasteiger partial charge in [0.05, 0.1) is 0 Å². The van der Waals surface area contributed by atoms with Crippen molar-refractivity contribution in [3.8, 4) is 0 Å². The summed E-state index contributed by atoms with van der Waals surface area (Å²) in [6, 6.07) is 5.36. The van der Waals surface area contributed by atoms with Crippen molar-refractivity contribution in [2.45, 2.75) is 0 Å². The van der Waals surface area contributed by atoms with Gasteiger partial charge in [0.2, 0.25) is 0 Å². The molecule has 1 rings (SSSR count). The molecule has 0 aliphatic rings. The number of halogens is 2. The Kier molecular flexibility index (Phi) is 3.03. The highest BCUT2D eigenvalue weighted by molar-refractivity contribution is 6.42. The Morgan fingerprint density at radius 1 is 1.38 bits per heavy atom.